The third-order valence-corrected chi connectivity index (χ3v) is 8.59. The van der Waals surface area contributed by atoms with Crippen molar-refractivity contribution in [1.82, 2.24) is 0 Å². The second-order valence-electron chi connectivity index (χ2n) is 7.19. The third kappa shape index (κ3) is 4.03. The smallest absolute Gasteiger partial charge is 0.164 e. The number of hydrogen-bond acceptors (Lipinski definition) is 5. The van der Waals surface area contributed by atoms with Gasteiger partial charge in [-0.15, -0.1) is 0 Å². The molecule has 0 N–H and O–H groups in total. The molecule has 0 aromatic heterocycles. The van der Waals surface area contributed by atoms with Gasteiger partial charge in [0, 0.05) is 16.0 Å². The number of aliphatic imine (C=N–C) groups is 1. The molecule has 2 heterocycles. The Balaban J connectivity index is 1.68. The maximum Gasteiger partial charge on any atom is 0.164 e. The third-order valence-electron chi connectivity index (χ3n) is 5.09. The number of rotatable bonds is 3. The van der Waals surface area contributed by atoms with Gasteiger partial charge in [0.25, 0.3) is 0 Å². The predicted octanol–water partition coefficient (Wildman–Crippen LogP) is 4.23. The summed E-state index contributed by atoms with van der Waals surface area (Å²) in [5, 5.41) is 1.64. The maximum atomic E-state index is 11.9. The number of benzene rings is 2. The van der Waals surface area contributed by atoms with Crippen LogP contribution in [-0.4, -0.2) is 36.4 Å². The monoisotopic (exact) mass is 420 g/mol. The molecule has 0 bridgehead atoms. The van der Waals surface area contributed by atoms with Crippen LogP contribution in [0.1, 0.15) is 16.7 Å². The Morgan fingerprint density at radius 2 is 1.85 bits per heavy atom. The zero-order valence-electron chi connectivity index (χ0n) is 15.2. The maximum absolute atomic E-state index is 11.9. The highest BCUT2D eigenvalue weighted by molar-refractivity contribution is 8.15. The van der Waals surface area contributed by atoms with E-state index in [0.717, 1.165) is 16.4 Å². The lowest BCUT2D eigenvalue weighted by Gasteiger charge is -2.25. The van der Waals surface area contributed by atoms with Crippen LogP contribution in [0.15, 0.2) is 47.5 Å². The predicted molar refractivity (Wildman–Crippen MR) is 115 cm³/mol. The molecular formula is C20H21ClN2O2S2. The molecule has 2 aromatic carbocycles. The van der Waals surface area contributed by atoms with E-state index in [4.69, 9.17) is 16.6 Å². The van der Waals surface area contributed by atoms with Crippen LogP contribution in [0.2, 0.25) is 5.02 Å². The molecule has 0 saturated carbocycles. The van der Waals surface area contributed by atoms with E-state index in [1.165, 1.54) is 11.1 Å². The minimum atomic E-state index is -2.96. The van der Waals surface area contributed by atoms with Crippen molar-refractivity contribution in [3.8, 4) is 0 Å². The van der Waals surface area contributed by atoms with Gasteiger partial charge in [0.05, 0.1) is 24.1 Å². The van der Waals surface area contributed by atoms with Gasteiger partial charge in [-0.3, -0.25) is 4.99 Å². The van der Waals surface area contributed by atoms with Crippen molar-refractivity contribution in [2.45, 2.75) is 31.7 Å². The number of fused-ring (bicyclic) bond motifs is 1. The van der Waals surface area contributed by atoms with Gasteiger partial charge in [0.15, 0.2) is 15.0 Å². The first kappa shape index (κ1) is 18.8. The van der Waals surface area contributed by atoms with E-state index < -0.39 is 9.84 Å². The molecule has 2 atom stereocenters. The van der Waals surface area contributed by atoms with Gasteiger partial charge in [0.1, 0.15) is 0 Å². The number of thioether (sulfide) groups is 1. The van der Waals surface area contributed by atoms with Crippen LogP contribution < -0.4 is 4.90 Å². The average molecular weight is 421 g/mol. The summed E-state index contributed by atoms with van der Waals surface area (Å²) in [7, 11) is -2.96. The summed E-state index contributed by atoms with van der Waals surface area (Å²) in [5.41, 5.74) is 4.67. The summed E-state index contributed by atoms with van der Waals surface area (Å²) in [4.78, 5) is 6.97. The molecule has 2 aliphatic rings. The van der Waals surface area contributed by atoms with Crippen LogP contribution in [0, 0.1) is 13.8 Å². The van der Waals surface area contributed by atoms with Crippen LogP contribution in [0.4, 0.5) is 5.69 Å². The number of hydrogen-bond donors (Lipinski definition) is 0. The topological polar surface area (TPSA) is 49.7 Å². The number of aryl methyl sites for hydroxylation is 2. The fraction of sp³-hybridized carbons (Fsp3) is 0.350. The van der Waals surface area contributed by atoms with Crippen molar-refractivity contribution in [1.29, 1.82) is 0 Å². The van der Waals surface area contributed by atoms with E-state index in [-0.39, 0.29) is 22.8 Å². The summed E-state index contributed by atoms with van der Waals surface area (Å²) in [5.74, 6) is 0.382. The quantitative estimate of drug-likeness (QED) is 0.745. The zero-order valence-corrected chi connectivity index (χ0v) is 17.6. The molecule has 0 amide bonds. The first-order chi connectivity index (χ1) is 12.8. The molecule has 27 heavy (non-hydrogen) atoms. The van der Waals surface area contributed by atoms with Crippen molar-refractivity contribution in [3.05, 3.63) is 64.2 Å². The molecule has 4 rings (SSSR count). The normalized spacial score (nSPS) is 23.1. The molecule has 0 radical (unpaired) electrons. The second-order valence-corrected chi connectivity index (χ2v) is 11.0. The van der Waals surface area contributed by atoms with Gasteiger partial charge in [-0.25, -0.2) is 8.42 Å². The van der Waals surface area contributed by atoms with Crippen molar-refractivity contribution in [3.63, 3.8) is 0 Å². The highest BCUT2D eigenvalue weighted by atomic mass is 35.5. The fourth-order valence-electron chi connectivity index (χ4n) is 3.41. The van der Waals surface area contributed by atoms with Gasteiger partial charge in [-0.05, 0) is 54.8 Å². The van der Waals surface area contributed by atoms with Gasteiger partial charge < -0.3 is 4.90 Å². The summed E-state index contributed by atoms with van der Waals surface area (Å²) in [6.45, 7) is 4.86. The lowest BCUT2D eigenvalue weighted by molar-refractivity contribution is 0.601. The average Bonchev–Trinajstić information content (AvgIpc) is 3.10. The Morgan fingerprint density at radius 1 is 1.11 bits per heavy atom. The van der Waals surface area contributed by atoms with Crippen molar-refractivity contribution >= 4 is 44.1 Å². The number of amidine groups is 1. The largest absolute Gasteiger partial charge is 0.317 e. The first-order valence-corrected chi connectivity index (χ1v) is 11.9. The molecule has 4 nitrogen and oxygen atoms in total. The van der Waals surface area contributed by atoms with Gasteiger partial charge in [0.2, 0.25) is 0 Å². The van der Waals surface area contributed by atoms with E-state index >= 15 is 0 Å². The van der Waals surface area contributed by atoms with Gasteiger partial charge >= 0.3 is 0 Å². The number of anilines is 1. The van der Waals surface area contributed by atoms with Crippen LogP contribution in [0.5, 0.6) is 0 Å². The molecular weight excluding hydrogens is 400 g/mol. The van der Waals surface area contributed by atoms with Gasteiger partial charge in [-0.2, -0.15) is 0 Å². The Kier molecular flexibility index (Phi) is 4.99. The standard InChI is InChI=1S/C20H21ClN2O2S2/c1-13-3-8-17(9-14(13)2)23(10-15-4-6-16(21)7-5-15)20-22-18-11-27(24,25)12-19(18)26-20/h3-9,18-19H,10-12H2,1-2H3/t18-,19+/m1/s1. The lowest BCUT2D eigenvalue weighted by Crippen LogP contribution is -2.28. The Labute approximate surface area is 169 Å². The Hall–Kier alpha value is -1.50. The Morgan fingerprint density at radius 3 is 2.52 bits per heavy atom. The van der Waals surface area contributed by atoms with Crippen molar-refractivity contribution in [2.75, 3.05) is 16.4 Å². The summed E-state index contributed by atoms with van der Waals surface area (Å²) in [6, 6.07) is 14.1. The molecule has 2 aliphatic heterocycles. The summed E-state index contributed by atoms with van der Waals surface area (Å²) >= 11 is 7.61. The van der Waals surface area contributed by atoms with Crippen LogP contribution >= 0.6 is 23.4 Å². The molecule has 7 heteroatoms. The molecule has 0 spiro atoms. The van der Waals surface area contributed by atoms with E-state index in [2.05, 4.69) is 36.9 Å². The molecule has 0 unspecified atom stereocenters. The molecule has 0 aliphatic carbocycles. The van der Waals surface area contributed by atoms with Crippen LogP contribution in [0.3, 0.4) is 0 Å². The molecule has 142 valence electrons. The number of halogens is 1. The fourth-order valence-corrected chi connectivity index (χ4v) is 7.31. The second kappa shape index (κ2) is 7.15. The minimum Gasteiger partial charge on any atom is -0.317 e. The summed E-state index contributed by atoms with van der Waals surface area (Å²) in [6.07, 6.45) is 0. The van der Waals surface area contributed by atoms with Crippen LogP contribution in [0.25, 0.3) is 0 Å². The zero-order chi connectivity index (χ0) is 19.2. The summed E-state index contributed by atoms with van der Waals surface area (Å²) < 4.78 is 23.8. The molecule has 1 fully saturated rings. The lowest BCUT2D eigenvalue weighted by atomic mass is 10.1. The van der Waals surface area contributed by atoms with Crippen molar-refractivity contribution < 1.29 is 8.42 Å². The van der Waals surface area contributed by atoms with Gasteiger partial charge in [-0.1, -0.05) is 41.6 Å². The SMILES string of the molecule is Cc1ccc(N(Cc2ccc(Cl)cc2)C2=N[C@@H]3CS(=O)(=O)C[C@@H]3S2)cc1C. The van der Waals surface area contributed by atoms with E-state index in [0.29, 0.717) is 11.6 Å². The molecule has 1 saturated heterocycles. The van der Waals surface area contributed by atoms with Crippen LogP contribution in [-0.2, 0) is 16.4 Å². The Bertz CT molecular complexity index is 1000. The highest BCUT2D eigenvalue weighted by Crippen LogP contribution is 2.37. The van der Waals surface area contributed by atoms with E-state index in [9.17, 15) is 8.42 Å². The highest BCUT2D eigenvalue weighted by Gasteiger charge is 2.44. The molecule has 2 aromatic rings. The first-order valence-electron chi connectivity index (χ1n) is 8.85. The van der Waals surface area contributed by atoms with E-state index in [1.807, 2.05) is 24.3 Å². The van der Waals surface area contributed by atoms with Crippen molar-refractivity contribution in [2.24, 2.45) is 4.99 Å². The number of nitrogens with zero attached hydrogens (tertiary/aromatic N) is 2. The van der Waals surface area contributed by atoms with E-state index in [1.54, 1.807) is 11.8 Å². The minimum absolute atomic E-state index is 0.0317. The number of sulfone groups is 1.